The Morgan fingerprint density at radius 2 is 1.44 bits per heavy atom. The lowest BCUT2D eigenvalue weighted by Gasteiger charge is -2.37. The molecule has 6 aromatic rings. The lowest BCUT2D eigenvalue weighted by Crippen LogP contribution is -2.38. The van der Waals surface area contributed by atoms with Crippen molar-refractivity contribution in [1.82, 2.24) is 24.8 Å². The van der Waals surface area contributed by atoms with Gasteiger partial charge >= 0.3 is 6.09 Å². The first-order valence-corrected chi connectivity index (χ1v) is 24.3. The van der Waals surface area contributed by atoms with Gasteiger partial charge in [0.05, 0.1) is 33.8 Å². The number of amides is 2. The number of methoxy groups -OCH3 is 2. The second-order valence-electron chi connectivity index (χ2n) is 16.2. The molecule has 1 saturated heterocycles. The number of nitrogens with zero attached hydrogens (tertiary/aromatic N) is 4. The molecule has 1 aliphatic heterocycles. The highest BCUT2D eigenvalue weighted by atomic mass is 28.3. The van der Waals surface area contributed by atoms with Crippen LogP contribution in [0.3, 0.4) is 0 Å². The number of ether oxygens (including phenoxy) is 5. The lowest BCUT2D eigenvalue weighted by molar-refractivity contribution is -0.0893. The van der Waals surface area contributed by atoms with E-state index in [1.54, 1.807) is 44.6 Å². The summed E-state index contributed by atoms with van der Waals surface area (Å²) in [6.45, 7) is 7.01. The maximum atomic E-state index is 16.5. The zero-order chi connectivity index (χ0) is 44.6. The third-order valence-electron chi connectivity index (χ3n) is 10.7. The number of rotatable bonds is 18. The predicted octanol–water partition coefficient (Wildman–Crippen LogP) is 7.18. The first kappa shape index (κ1) is 44.6. The van der Waals surface area contributed by atoms with Gasteiger partial charge in [-0.15, -0.1) is 0 Å². The number of anilines is 2. The first-order chi connectivity index (χ1) is 30.4. The number of alkyl carbamates (subject to hydrolysis) is 1. The Bertz CT molecular complexity index is 2410. The van der Waals surface area contributed by atoms with Gasteiger partial charge in [-0.3, -0.25) is 9.36 Å². The van der Waals surface area contributed by atoms with Crippen LogP contribution < -0.4 is 25.4 Å². The van der Waals surface area contributed by atoms with Gasteiger partial charge in [0.25, 0.3) is 5.91 Å². The van der Waals surface area contributed by atoms with Crippen LogP contribution in [0.2, 0.25) is 25.7 Å². The zero-order valence-electron chi connectivity index (χ0n) is 35.8. The van der Waals surface area contributed by atoms with Crippen LogP contribution in [0.5, 0.6) is 11.5 Å². The van der Waals surface area contributed by atoms with Crippen LogP contribution >= 0.6 is 0 Å². The molecule has 2 aromatic heterocycles. The Labute approximate surface area is 365 Å². The number of hydrogen-bond donors (Lipinski definition) is 4. The van der Waals surface area contributed by atoms with Crippen LogP contribution in [0.15, 0.2) is 116 Å². The van der Waals surface area contributed by atoms with Crippen molar-refractivity contribution in [3.63, 3.8) is 0 Å². The summed E-state index contributed by atoms with van der Waals surface area (Å²) in [6, 6.07) is 33.9. The highest BCUT2D eigenvalue weighted by molar-refractivity contribution is 6.76. The molecule has 1 aliphatic rings. The monoisotopic (exact) mass is 877 g/mol. The maximum Gasteiger partial charge on any atom is 0.407 e. The quantitative estimate of drug-likeness (QED) is 0.0389. The van der Waals surface area contributed by atoms with Crippen molar-refractivity contribution in [1.29, 1.82) is 0 Å². The number of fused-ring (bicyclic) bond motifs is 1. The van der Waals surface area contributed by atoms with Gasteiger partial charge in [-0.25, -0.2) is 14.2 Å². The van der Waals surface area contributed by atoms with Gasteiger partial charge < -0.3 is 44.7 Å². The Morgan fingerprint density at radius 1 is 0.841 bits per heavy atom. The molecule has 0 aliphatic carbocycles. The molecule has 0 unspecified atom stereocenters. The normalized spacial score (nSPS) is 17.6. The fourth-order valence-electron chi connectivity index (χ4n) is 7.23. The smallest absolute Gasteiger partial charge is 0.407 e. The topological polar surface area (TPSA) is 180 Å². The molecule has 0 bridgehead atoms. The van der Waals surface area contributed by atoms with E-state index < -0.39 is 50.3 Å². The molecule has 1 fully saturated rings. The number of halogens is 1. The number of nitrogens with one attached hydrogen (secondary N) is 3. The molecule has 7 rings (SSSR count). The van der Waals surface area contributed by atoms with Gasteiger partial charge in [-0.2, -0.15) is 9.97 Å². The number of carbonyl (C=O) groups excluding carboxylic acids is 2. The molecule has 2 amide bonds. The van der Waals surface area contributed by atoms with Crippen LogP contribution in [-0.2, 0) is 19.8 Å². The van der Waals surface area contributed by atoms with Crippen molar-refractivity contribution in [2.24, 2.45) is 0 Å². The SMILES string of the molecule is COc1ccc(C(OC[C@H]2O[C@@H](n3cnc4c(NC(=O)c5ccccc5)nc(NCCNC(=O)OCC[Si](C)(C)C)nc43)[C@@H](O)[C@@H]2F)(c2ccccc2)c2ccc(OC)cc2)cc1. The first-order valence-electron chi connectivity index (χ1n) is 20.6. The van der Waals surface area contributed by atoms with E-state index in [1.165, 1.54) is 10.9 Å². The molecule has 4 atom stereocenters. The van der Waals surface area contributed by atoms with Crippen LogP contribution in [0.4, 0.5) is 21.0 Å². The van der Waals surface area contributed by atoms with Gasteiger partial charge in [0.2, 0.25) is 5.95 Å². The summed E-state index contributed by atoms with van der Waals surface area (Å²) in [5.41, 5.74) is 1.66. The van der Waals surface area contributed by atoms with E-state index in [0.717, 1.165) is 22.7 Å². The van der Waals surface area contributed by atoms with E-state index in [4.69, 9.17) is 23.7 Å². The fraction of sp³-hybridized carbons (Fsp3) is 0.326. The highest BCUT2D eigenvalue weighted by Crippen LogP contribution is 2.43. The van der Waals surface area contributed by atoms with Gasteiger partial charge in [-0.1, -0.05) is 92.4 Å². The van der Waals surface area contributed by atoms with E-state index in [2.05, 4.69) is 50.5 Å². The number of hydrogen-bond acceptors (Lipinski definition) is 12. The minimum atomic E-state index is -1.90. The van der Waals surface area contributed by atoms with Crippen molar-refractivity contribution in [2.75, 3.05) is 51.2 Å². The lowest BCUT2D eigenvalue weighted by atomic mass is 9.80. The second kappa shape index (κ2) is 19.8. The number of benzene rings is 4. The predicted molar refractivity (Wildman–Crippen MR) is 239 cm³/mol. The third kappa shape index (κ3) is 10.3. The number of alkyl halides is 1. The largest absolute Gasteiger partial charge is 0.497 e. The number of aliphatic hydroxyl groups is 1. The molecule has 15 nitrogen and oxygen atoms in total. The molecule has 17 heteroatoms. The molecular formula is C46H52FN7O8Si. The van der Waals surface area contributed by atoms with Crippen molar-refractivity contribution >= 4 is 43.0 Å². The maximum absolute atomic E-state index is 16.5. The Balaban J connectivity index is 1.16. The van der Waals surface area contributed by atoms with E-state index in [1.807, 2.05) is 78.9 Å². The molecule has 3 heterocycles. The third-order valence-corrected chi connectivity index (χ3v) is 12.4. The molecule has 63 heavy (non-hydrogen) atoms. The van der Waals surface area contributed by atoms with E-state index in [9.17, 15) is 14.7 Å². The van der Waals surface area contributed by atoms with Gasteiger partial charge in [0.15, 0.2) is 29.4 Å². The number of imidazole rings is 1. The molecule has 330 valence electrons. The van der Waals surface area contributed by atoms with Crippen molar-refractivity contribution in [2.45, 2.75) is 55.9 Å². The van der Waals surface area contributed by atoms with Gasteiger partial charge in [0, 0.05) is 26.7 Å². The molecular weight excluding hydrogens is 826 g/mol. The average Bonchev–Trinajstić information content (AvgIpc) is 3.85. The standard InChI is InChI=1S/C46H52FN7O8Si/c1-58-34-20-16-32(17-21-34)46(31-14-10-7-11-15-31,33-18-22-35(59-2)23-19-33)61-28-36-37(47)39(55)43(62-36)54-29-50-38-40(51-42(56)30-12-8-6-9-13-30)52-44(53-41(38)54)48-24-25-49-45(57)60-26-27-63(3,4)5/h6-23,29,36-37,39,43,55H,24-28H2,1-5H3,(H,49,57)(H2,48,51,52,53,56)/t36-,37-,39+,43-/m1/s1. The summed E-state index contributed by atoms with van der Waals surface area (Å²) in [6.07, 6.45) is -5.32. The van der Waals surface area contributed by atoms with E-state index >= 15 is 4.39 Å². The van der Waals surface area contributed by atoms with Crippen LogP contribution in [0, 0.1) is 0 Å². The summed E-state index contributed by atoms with van der Waals surface area (Å²) in [7, 11) is 1.80. The molecule has 0 saturated carbocycles. The summed E-state index contributed by atoms with van der Waals surface area (Å²) >= 11 is 0. The highest BCUT2D eigenvalue weighted by Gasteiger charge is 2.48. The summed E-state index contributed by atoms with van der Waals surface area (Å²) in [4.78, 5) is 39.3. The minimum absolute atomic E-state index is 0.0598. The van der Waals surface area contributed by atoms with E-state index in [0.29, 0.717) is 23.7 Å². The summed E-state index contributed by atoms with van der Waals surface area (Å²) < 4.78 is 47.4. The van der Waals surface area contributed by atoms with Gasteiger partial charge in [-0.05, 0) is 59.1 Å². The van der Waals surface area contributed by atoms with Gasteiger partial charge in [0.1, 0.15) is 29.3 Å². The van der Waals surface area contributed by atoms with Crippen LogP contribution in [0.1, 0.15) is 33.3 Å². The number of carbonyl (C=O) groups is 2. The Hall–Kier alpha value is -6.40. The molecule has 4 aromatic carbocycles. The van der Waals surface area contributed by atoms with Crippen LogP contribution in [0.25, 0.3) is 11.2 Å². The summed E-state index contributed by atoms with van der Waals surface area (Å²) in [5, 5.41) is 20.1. The zero-order valence-corrected chi connectivity index (χ0v) is 36.8. The molecule has 0 spiro atoms. The van der Waals surface area contributed by atoms with Crippen molar-refractivity contribution < 1.29 is 42.8 Å². The van der Waals surface area contributed by atoms with Crippen molar-refractivity contribution in [3.05, 3.63) is 138 Å². The minimum Gasteiger partial charge on any atom is -0.497 e. The molecule has 4 N–H and O–H groups in total. The fourth-order valence-corrected chi connectivity index (χ4v) is 7.95. The molecule has 0 radical (unpaired) electrons. The number of aromatic nitrogens is 4. The Kier molecular flexibility index (Phi) is 14.0. The summed E-state index contributed by atoms with van der Waals surface area (Å²) in [5.74, 6) is 0.965. The van der Waals surface area contributed by atoms with E-state index in [-0.39, 0.29) is 42.6 Å². The number of aliphatic hydroxyl groups excluding tert-OH is 1. The Morgan fingerprint density at radius 3 is 2.05 bits per heavy atom. The average molecular weight is 878 g/mol. The van der Waals surface area contributed by atoms with Crippen LogP contribution in [-0.4, -0.2) is 104 Å². The second-order valence-corrected chi connectivity index (χ2v) is 21.8. The van der Waals surface area contributed by atoms with Crippen molar-refractivity contribution in [3.8, 4) is 11.5 Å².